The van der Waals surface area contributed by atoms with E-state index in [2.05, 4.69) is 9.84 Å². The maximum absolute atomic E-state index is 12.7. The molecule has 2 aromatic carbocycles. The van der Waals surface area contributed by atoms with Crippen molar-refractivity contribution in [2.75, 3.05) is 7.11 Å². The summed E-state index contributed by atoms with van der Waals surface area (Å²) < 4.78 is 47.0. The van der Waals surface area contributed by atoms with E-state index in [0.717, 1.165) is 16.4 Å². The van der Waals surface area contributed by atoms with Gasteiger partial charge in [0.2, 0.25) is 0 Å². The molecule has 0 saturated carbocycles. The highest BCUT2D eigenvalue weighted by Gasteiger charge is 2.31. The highest BCUT2D eigenvalue weighted by atomic mass is 32.2. The van der Waals surface area contributed by atoms with Crippen LogP contribution in [0.15, 0.2) is 63.2 Å². The third kappa shape index (κ3) is 4.75. The van der Waals surface area contributed by atoms with Crippen LogP contribution in [0.5, 0.6) is 11.5 Å². The fraction of sp³-hybridized carbons (Fsp3) is 0.150. The van der Waals surface area contributed by atoms with Gasteiger partial charge >= 0.3 is 6.36 Å². The molecule has 10 heteroatoms. The summed E-state index contributed by atoms with van der Waals surface area (Å²) in [6.07, 6.45) is -4.78. The number of nitriles is 1. The molecule has 0 bridgehead atoms. The molecule has 1 aromatic heterocycles. The molecule has 0 radical (unpaired) electrons. The quantitative estimate of drug-likeness (QED) is 0.591. The Kier molecular flexibility index (Phi) is 6.03. The van der Waals surface area contributed by atoms with Crippen LogP contribution in [0.1, 0.15) is 11.1 Å². The first kappa shape index (κ1) is 21.3. The molecule has 0 fully saturated rings. The van der Waals surface area contributed by atoms with Crippen molar-refractivity contribution < 1.29 is 22.6 Å². The molecular weight excluding hydrogens is 419 g/mol. The molecule has 1 heterocycles. The maximum atomic E-state index is 12.7. The average molecular weight is 433 g/mol. The van der Waals surface area contributed by atoms with Gasteiger partial charge in [0.1, 0.15) is 28.2 Å². The smallest absolute Gasteiger partial charge is 0.497 e. The van der Waals surface area contributed by atoms with Crippen molar-refractivity contribution in [2.24, 2.45) is 0 Å². The van der Waals surface area contributed by atoms with E-state index in [9.17, 15) is 23.2 Å². The monoisotopic (exact) mass is 433 g/mol. The molecule has 30 heavy (non-hydrogen) atoms. The molecular formula is C20H14F3N3O3S. The van der Waals surface area contributed by atoms with E-state index in [0.29, 0.717) is 26.9 Å². The summed E-state index contributed by atoms with van der Waals surface area (Å²) in [5, 5.41) is 14.2. The van der Waals surface area contributed by atoms with Crippen LogP contribution in [0.3, 0.4) is 0 Å². The summed E-state index contributed by atoms with van der Waals surface area (Å²) in [6, 6.07) is 13.7. The summed E-state index contributed by atoms with van der Waals surface area (Å²) in [4.78, 5) is 13.2. The molecule has 0 N–H and O–H groups in total. The Morgan fingerprint density at radius 1 is 1.07 bits per heavy atom. The van der Waals surface area contributed by atoms with Gasteiger partial charge < -0.3 is 9.47 Å². The van der Waals surface area contributed by atoms with E-state index in [1.807, 2.05) is 6.07 Å². The minimum Gasteiger partial charge on any atom is -0.497 e. The van der Waals surface area contributed by atoms with Crippen molar-refractivity contribution in [3.63, 3.8) is 0 Å². The zero-order valence-electron chi connectivity index (χ0n) is 15.7. The number of nitrogens with zero attached hydrogens (tertiary/aromatic N) is 3. The Balaban J connectivity index is 1.98. The largest absolute Gasteiger partial charge is 0.573 e. The van der Waals surface area contributed by atoms with E-state index < -0.39 is 11.9 Å². The predicted octanol–water partition coefficient (Wildman–Crippen LogP) is 4.47. The molecule has 154 valence electrons. The number of hydrogen-bond acceptors (Lipinski definition) is 6. The fourth-order valence-electron chi connectivity index (χ4n) is 2.53. The zero-order chi connectivity index (χ0) is 21.9. The second kappa shape index (κ2) is 8.51. The van der Waals surface area contributed by atoms with Crippen molar-refractivity contribution in [3.05, 3.63) is 70.0 Å². The molecule has 3 rings (SSSR count). The maximum Gasteiger partial charge on any atom is 0.573 e. The van der Waals surface area contributed by atoms with Crippen LogP contribution in [0.4, 0.5) is 13.2 Å². The predicted molar refractivity (Wildman–Crippen MR) is 103 cm³/mol. The minimum absolute atomic E-state index is 0.0691. The lowest BCUT2D eigenvalue weighted by atomic mass is 10.2. The Morgan fingerprint density at radius 2 is 1.67 bits per heavy atom. The van der Waals surface area contributed by atoms with Crippen LogP contribution in [0.2, 0.25) is 0 Å². The normalized spacial score (nSPS) is 11.1. The lowest BCUT2D eigenvalue weighted by Gasteiger charge is -2.12. The first-order valence-electron chi connectivity index (χ1n) is 8.44. The van der Waals surface area contributed by atoms with Gasteiger partial charge in [0.15, 0.2) is 0 Å². The Bertz CT molecular complexity index is 1150. The van der Waals surface area contributed by atoms with Gasteiger partial charge in [-0.2, -0.15) is 15.0 Å². The molecule has 0 atom stereocenters. The molecule has 0 unspecified atom stereocenters. The van der Waals surface area contributed by atoms with E-state index in [1.54, 1.807) is 31.2 Å². The summed E-state index contributed by atoms with van der Waals surface area (Å²) in [5.74, 6) is 0.243. The SMILES string of the molecule is COc1ccc(-n2nc(Sc3ccc(OC(F)(F)F)cc3)c(C)c(C#N)c2=O)cc1. The first-order valence-corrected chi connectivity index (χ1v) is 9.25. The van der Waals surface area contributed by atoms with E-state index in [4.69, 9.17) is 4.74 Å². The highest BCUT2D eigenvalue weighted by Crippen LogP contribution is 2.31. The second-order valence-corrected chi connectivity index (χ2v) is 7.02. The fourth-order valence-corrected chi connectivity index (χ4v) is 3.41. The number of methoxy groups -OCH3 is 1. The van der Waals surface area contributed by atoms with Gasteiger partial charge in [-0.05, 0) is 55.5 Å². The molecule has 0 amide bonds. The van der Waals surface area contributed by atoms with Crippen LogP contribution < -0.4 is 15.0 Å². The highest BCUT2D eigenvalue weighted by molar-refractivity contribution is 7.99. The van der Waals surface area contributed by atoms with Crippen molar-refractivity contribution in [1.29, 1.82) is 5.26 Å². The van der Waals surface area contributed by atoms with Crippen molar-refractivity contribution >= 4 is 11.8 Å². The van der Waals surface area contributed by atoms with Crippen LogP contribution in [0.25, 0.3) is 5.69 Å². The van der Waals surface area contributed by atoms with E-state index in [1.165, 1.54) is 31.4 Å². The van der Waals surface area contributed by atoms with Gasteiger partial charge in [-0.15, -0.1) is 13.2 Å². The van der Waals surface area contributed by atoms with Gasteiger partial charge in [0.25, 0.3) is 5.56 Å². The van der Waals surface area contributed by atoms with Crippen LogP contribution >= 0.6 is 11.8 Å². The topological polar surface area (TPSA) is 77.1 Å². The molecule has 0 aliphatic heterocycles. The third-order valence-electron chi connectivity index (χ3n) is 3.99. The number of aromatic nitrogens is 2. The van der Waals surface area contributed by atoms with Gasteiger partial charge in [0, 0.05) is 10.5 Å². The van der Waals surface area contributed by atoms with Gasteiger partial charge in [-0.1, -0.05) is 11.8 Å². The molecule has 3 aromatic rings. The third-order valence-corrected chi connectivity index (χ3v) is 5.08. The van der Waals surface area contributed by atoms with Crippen molar-refractivity contribution in [2.45, 2.75) is 23.2 Å². The lowest BCUT2D eigenvalue weighted by molar-refractivity contribution is -0.274. The van der Waals surface area contributed by atoms with Crippen molar-refractivity contribution in [1.82, 2.24) is 9.78 Å². The number of alkyl halides is 3. The van der Waals surface area contributed by atoms with Crippen LogP contribution in [-0.4, -0.2) is 23.3 Å². The van der Waals surface area contributed by atoms with Gasteiger partial charge in [0.05, 0.1) is 12.8 Å². The molecule has 0 aliphatic carbocycles. The number of benzene rings is 2. The number of halogens is 3. The molecule has 0 saturated heterocycles. The second-order valence-electron chi connectivity index (χ2n) is 5.95. The van der Waals surface area contributed by atoms with Crippen molar-refractivity contribution in [3.8, 4) is 23.3 Å². The van der Waals surface area contributed by atoms with E-state index >= 15 is 0 Å². The number of ether oxygens (including phenoxy) is 2. The molecule has 6 nitrogen and oxygen atoms in total. The standard InChI is InChI=1S/C20H14F3N3O3S/c1-12-17(11-24)19(27)26(13-3-5-14(28-2)6-4-13)25-18(12)30-16-9-7-15(8-10-16)29-20(21,22)23/h3-10H,1-2H3. The minimum atomic E-state index is -4.78. The first-order chi connectivity index (χ1) is 14.2. The lowest BCUT2D eigenvalue weighted by Crippen LogP contribution is -2.25. The van der Waals surface area contributed by atoms with Gasteiger partial charge in [-0.25, -0.2) is 0 Å². The summed E-state index contributed by atoms with van der Waals surface area (Å²) in [5.41, 5.74) is 0.180. The Morgan fingerprint density at radius 3 is 2.20 bits per heavy atom. The molecule has 0 spiro atoms. The average Bonchev–Trinajstić information content (AvgIpc) is 2.71. The van der Waals surface area contributed by atoms with Crippen LogP contribution in [0, 0.1) is 18.3 Å². The number of rotatable bonds is 5. The summed E-state index contributed by atoms with van der Waals surface area (Å²) >= 11 is 1.11. The van der Waals surface area contributed by atoms with Gasteiger partial charge in [-0.3, -0.25) is 4.79 Å². The zero-order valence-corrected chi connectivity index (χ0v) is 16.5. The summed E-state index contributed by atoms with van der Waals surface area (Å²) in [6.45, 7) is 1.59. The Hall–Kier alpha value is -3.45. The Labute approximate surface area is 173 Å². The van der Waals surface area contributed by atoms with E-state index in [-0.39, 0.29) is 11.3 Å². The number of hydrogen-bond donors (Lipinski definition) is 0. The van der Waals surface area contributed by atoms with Crippen LogP contribution in [-0.2, 0) is 0 Å². The molecule has 0 aliphatic rings. The summed E-state index contributed by atoms with van der Waals surface area (Å²) in [7, 11) is 1.51.